The SMILES string of the molecule is c1cncc(-c2ccc(/C3=N/c4cc5ccccc5nc4/C(c4ccc(-c5cccnc5)cc4)=N\c4cc5ccccc5nc43)cc2)c1. The van der Waals surface area contributed by atoms with Gasteiger partial charge in [-0.3, -0.25) is 9.97 Å². The highest BCUT2D eigenvalue weighted by Gasteiger charge is 2.24. The van der Waals surface area contributed by atoms with Gasteiger partial charge in [-0.2, -0.15) is 0 Å². The third-order valence-electron chi connectivity index (χ3n) is 8.63. The molecule has 4 aromatic heterocycles. The normalized spacial score (nSPS) is 14.6. The number of rotatable bonds is 4. The third-order valence-corrected chi connectivity index (χ3v) is 8.63. The fourth-order valence-corrected chi connectivity index (χ4v) is 6.19. The topological polar surface area (TPSA) is 76.3 Å². The molecule has 4 aromatic carbocycles. The fourth-order valence-electron chi connectivity index (χ4n) is 6.19. The largest absolute Gasteiger partial charge is 0.264 e. The van der Waals surface area contributed by atoms with Crippen LogP contribution in [0, 0.1) is 0 Å². The molecule has 0 aliphatic carbocycles. The quantitative estimate of drug-likeness (QED) is 0.198. The smallest absolute Gasteiger partial charge is 0.116 e. The van der Waals surface area contributed by atoms with Crippen molar-refractivity contribution in [1.29, 1.82) is 0 Å². The molecule has 5 heterocycles. The Morgan fingerprint density at radius 3 is 1.19 bits per heavy atom. The summed E-state index contributed by atoms with van der Waals surface area (Å²) in [4.78, 5) is 29.8. The molecule has 0 spiro atoms. The van der Waals surface area contributed by atoms with Gasteiger partial charge >= 0.3 is 0 Å². The van der Waals surface area contributed by atoms with E-state index >= 15 is 0 Å². The fraction of sp³-hybridized carbons (Fsp3) is 0. The highest BCUT2D eigenvalue weighted by atomic mass is 14.9. The molecule has 0 N–H and O–H groups in total. The van der Waals surface area contributed by atoms with Crippen LogP contribution in [0.2, 0.25) is 0 Å². The summed E-state index contributed by atoms with van der Waals surface area (Å²) in [6, 6.07) is 45.3. The van der Waals surface area contributed by atoms with Gasteiger partial charge in [0.15, 0.2) is 0 Å². The summed E-state index contributed by atoms with van der Waals surface area (Å²) in [7, 11) is 0. The van der Waals surface area contributed by atoms with E-state index in [-0.39, 0.29) is 0 Å². The summed E-state index contributed by atoms with van der Waals surface area (Å²) in [5.74, 6) is 0. The van der Waals surface area contributed by atoms with Gasteiger partial charge < -0.3 is 0 Å². The molecule has 0 amide bonds. The maximum absolute atomic E-state index is 5.40. The van der Waals surface area contributed by atoms with E-state index in [0.29, 0.717) is 11.4 Å². The first-order valence-corrected chi connectivity index (χ1v) is 15.8. The maximum atomic E-state index is 5.40. The van der Waals surface area contributed by atoms with Crippen molar-refractivity contribution in [2.24, 2.45) is 9.98 Å². The van der Waals surface area contributed by atoms with Crippen LogP contribution in [0.5, 0.6) is 0 Å². The van der Waals surface area contributed by atoms with Gasteiger partial charge in [0, 0.05) is 46.7 Å². The van der Waals surface area contributed by atoms with Crippen LogP contribution in [-0.4, -0.2) is 31.4 Å². The Morgan fingerprint density at radius 1 is 0.354 bits per heavy atom. The lowest BCUT2D eigenvalue weighted by Crippen LogP contribution is -2.13. The second kappa shape index (κ2) is 11.6. The van der Waals surface area contributed by atoms with E-state index in [4.69, 9.17) is 20.0 Å². The zero-order valence-corrected chi connectivity index (χ0v) is 25.7. The molecule has 8 aromatic rings. The summed E-state index contributed by atoms with van der Waals surface area (Å²) in [6.07, 6.45) is 7.32. The number of nitrogens with zero attached hydrogens (tertiary/aromatic N) is 6. The summed E-state index contributed by atoms with van der Waals surface area (Å²) in [5, 5.41) is 2.01. The van der Waals surface area contributed by atoms with Crippen molar-refractivity contribution in [3.63, 3.8) is 0 Å². The van der Waals surface area contributed by atoms with E-state index in [1.165, 1.54) is 0 Å². The van der Waals surface area contributed by atoms with E-state index in [1.54, 1.807) is 12.4 Å². The Bertz CT molecular complexity index is 2340. The lowest BCUT2D eigenvalue weighted by molar-refractivity contribution is 1.27. The van der Waals surface area contributed by atoms with Gasteiger partial charge in [-0.1, -0.05) is 97.1 Å². The van der Waals surface area contributed by atoms with Crippen LogP contribution < -0.4 is 0 Å². The maximum Gasteiger partial charge on any atom is 0.116 e. The van der Waals surface area contributed by atoms with E-state index < -0.39 is 0 Å². The van der Waals surface area contributed by atoms with Gasteiger partial charge in [0.25, 0.3) is 0 Å². The van der Waals surface area contributed by atoms with Crippen LogP contribution in [0.15, 0.2) is 168 Å². The molecule has 6 nitrogen and oxygen atoms in total. The van der Waals surface area contributed by atoms with E-state index in [1.807, 2.05) is 60.9 Å². The van der Waals surface area contributed by atoms with E-state index in [9.17, 15) is 0 Å². The van der Waals surface area contributed by atoms with Crippen LogP contribution in [0.4, 0.5) is 11.4 Å². The Kier molecular flexibility index (Phi) is 6.68. The van der Waals surface area contributed by atoms with Gasteiger partial charge in [-0.15, -0.1) is 0 Å². The first-order valence-electron chi connectivity index (χ1n) is 15.8. The monoisotopic (exact) mass is 614 g/mol. The summed E-state index contributed by atoms with van der Waals surface area (Å²) < 4.78 is 0. The highest BCUT2D eigenvalue weighted by Crippen LogP contribution is 2.36. The highest BCUT2D eigenvalue weighted by molar-refractivity contribution is 6.22. The first-order chi connectivity index (χ1) is 23.8. The second-order valence-corrected chi connectivity index (χ2v) is 11.7. The van der Waals surface area contributed by atoms with Crippen molar-refractivity contribution in [3.05, 3.63) is 181 Å². The molecule has 0 fully saturated rings. The molecule has 1 aliphatic heterocycles. The second-order valence-electron chi connectivity index (χ2n) is 11.7. The standard InChI is InChI=1S/C42H26N6/c1-3-11-35-31(7-1)23-37-41(45-35)39(29-17-13-27(14-18-29)33-9-5-21-43-25-33)48-38-24-32-8-2-4-12-36(32)46-42(38)40(47-37)30-19-15-28(16-20-30)34-10-6-22-44-26-34/h1-26H/b41-39?,42-40?,47-37?,47-40-,48-38?,48-39-. The van der Waals surface area contributed by atoms with Crippen molar-refractivity contribution < 1.29 is 0 Å². The molecule has 224 valence electrons. The molecule has 0 bridgehead atoms. The molecule has 0 saturated heterocycles. The molecule has 48 heavy (non-hydrogen) atoms. The molecular weight excluding hydrogens is 589 g/mol. The number of hydrogen-bond acceptors (Lipinski definition) is 6. The summed E-state index contributed by atoms with van der Waals surface area (Å²) >= 11 is 0. The van der Waals surface area contributed by atoms with E-state index in [2.05, 4.69) is 94.9 Å². The average molecular weight is 615 g/mol. The molecule has 6 heteroatoms. The predicted octanol–water partition coefficient (Wildman–Crippen LogP) is 9.56. The van der Waals surface area contributed by atoms with Crippen LogP contribution in [-0.2, 0) is 0 Å². The Morgan fingerprint density at radius 2 is 0.771 bits per heavy atom. The van der Waals surface area contributed by atoms with E-state index in [0.717, 1.165) is 78.0 Å². The van der Waals surface area contributed by atoms with Crippen molar-refractivity contribution in [3.8, 4) is 22.3 Å². The number of para-hydroxylation sites is 2. The van der Waals surface area contributed by atoms with Gasteiger partial charge in [0.05, 0.1) is 33.8 Å². The van der Waals surface area contributed by atoms with Gasteiger partial charge in [-0.05, 0) is 58.7 Å². The molecule has 0 saturated carbocycles. The number of aliphatic imine (C=N–C) groups is 2. The van der Waals surface area contributed by atoms with Crippen molar-refractivity contribution in [2.75, 3.05) is 0 Å². The average Bonchev–Trinajstić information content (AvgIpc) is 3.16. The number of pyridine rings is 4. The Labute approximate surface area is 276 Å². The minimum absolute atomic E-state index is 0.714. The minimum atomic E-state index is 0.714. The molecular formula is C42H26N6. The van der Waals surface area contributed by atoms with Crippen LogP contribution in [0.25, 0.3) is 44.1 Å². The van der Waals surface area contributed by atoms with Crippen molar-refractivity contribution >= 4 is 44.6 Å². The van der Waals surface area contributed by atoms with Gasteiger partial charge in [-0.25, -0.2) is 20.0 Å². The van der Waals surface area contributed by atoms with Crippen molar-refractivity contribution in [1.82, 2.24) is 19.9 Å². The summed E-state index contributed by atoms with van der Waals surface area (Å²) in [6.45, 7) is 0. The van der Waals surface area contributed by atoms with Gasteiger partial charge in [0.2, 0.25) is 0 Å². The predicted molar refractivity (Wildman–Crippen MR) is 193 cm³/mol. The molecule has 0 radical (unpaired) electrons. The Hall–Kier alpha value is -6.66. The number of benzene rings is 4. The third kappa shape index (κ3) is 5.02. The zero-order valence-electron chi connectivity index (χ0n) is 25.7. The molecule has 0 atom stereocenters. The molecule has 0 unspecified atom stereocenters. The lowest BCUT2D eigenvalue weighted by atomic mass is 9.97. The molecule has 9 rings (SSSR count). The van der Waals surface area contributed by atoms with Crippen LogP contribution in [0.3, 0.4) is 0 Å². The Balaban J connectivity index is 1.29. The summed E-state index contributed by atoms with van der Waals surface area (Å²) in [5.41, 5.74) is 12.3. The van der Waals surface area contributed by atoms with Crippen LogP contribution in [0.1, 0.15) is 22.5 Å². The van der Waals surface area contributed by atoms with Gasteiger partial charge in [0.1, 0.15) is 11.4 Å². The zero-order chi connectivity index (χ0) is 31.9. The minimum Gasteiger partial charge on any atom is -0.264 e. The lowest BCUT2D eigenvalue weighted by Gasteiger charge is -2.18. The number of hydrogen-bond donors (Lipinski definition) is 0. The molecule has 1 aliphatic rings. The first kappa shape index (κ1) is 27.6. The van der Waals surface area contributed by atoms with Crippen LogP contribution >= 0.6 is 0 Å². The number of fused-ring (bicyclic) bond motifs is 4. The van der Waals surface area contributed by atoms with Crippen molar-refractivity contribution in [2.45, 2.75) is 0 Å². The number of aromatic nitrogens is 4.